The zero-order valence-electron chi connectivity index (χ0n) is 16.4. The summed E-state index contributed by atoms with van der Waals surface area (Å²) in [5.74, 6) is 1.16. The van der Waals surface area contributed by atoms with Crippen molar-refractivity contribution in [1.82, 2.24) is 19.9 Å². The molecule has 7 heteroatoms. The van der Waals surface area contributed by atoms with E-state index in [1.807, 2.05) is 6.07 Å². The molecule has 0 N–H and O–H groups in total. The summed E-state index contributed by atoms with van der Waals surface area (Å²) in [4.78, 5) is 31.4. The average molecular weight is 408 g/mol. The van der Waals surface area contributed by atoms with E-state index in [0.717, 1.165) is 68.1 Å². The normalized spacial score (nSPS) is 22.8. The molecule has 2 aliphatic rings. The van der Waals surface area contributed by atoms with Gasteiger partial charge in [-0.25, -0.2) is 9.97 Å². The second kappa shape index (κ2) is 8.06. The number of likely N-dealkylation sites (tertiary alicyclic amines) is 1. The fraction of sp³-hybridized carbons (Fsp3) is 0.455. The Balaban J connectivity index is 1.37. The molecule has 1 amide bonds. The Morgan fingerprint density at radius 3 is 2.86 bits per heavy atom. The van der Waals surface area contributed by atoms with Gasteiger partial charge >= 0.3 is 0 Å². The molecule has 29 heavy (non-hydrogen) atoms. The maximum Gasteiger partial charge on any atom is 0.228 e. The summed E-state index contributed by atoms with van der Waals surface area (Å²) in [5.41, 5.74) is 1.04. The van der Waals surface area contributed by atoms with Crippen molar-refractivity contribution in [2.75, 3.05) is 24.5 Å². The molecule has 150 valence electrons. The van der Waals surface area contributed by atoms with E-state index < -0.39 is 0 Å². The predicted octanol–water partition coefficient (Wildman–Crippen LogP) is 4.06. The first-order valence-corrected chi connectivity index (χ1v) is 11.3. The second-order valence-corrected chi connectivity index (χ2v) is 8.97. The van der Waals surface area contributed by atoms with Gasteiger partial charge in [0.15, 0.2) is 0 Å². The largest absolute Gasteiger partial charge is 0.355 e. The number of thiazole rings is 1. The lowest BCUT2D eigenvalue weighted by Crippen LogP contribution is -2.47. The van der Waals surface area contributed by atoms with E-state index in [9.17, 15) is 4.79 Å². The molecule has 6 nitrogen and oxygen atoms in total. The highest BCUT2D eigenvalue weighted by molar-refractivity contribution is 7.18. The first-order valence-electron chi connectivity index (χ1n) is 10.5. The summed E-state index contributed by atoms with van der Waals surface area (Å²) in [6, 6.07) is 8.37. The number of para-hydroxylation sites is 1. The molecule has 1 aromatic carbocycles. The van der Waals surface area contributed by atoms with Crippen LogP contribution in [-0.4, -0.2) is 45.4 Å². The number of aromatic nitrogens is 3. The van der Waals surface area contributed by atoms with E-state index in [1.54, 1.807) is 29.9 Å². The highest BCUT2D eigenvalue weighted by Gasteiger charge is 2.36. The van der Waals surface area contributed by atoms with Crippen molar-refractivity contribution >= 4 is 33.3 Å². The number of anilines is 1. The maximum absolute atomic E-state index is 13.6. The number of nitrogens with zero attached hydrogens (tertiary/aromatic N) is 5. The zero-order chi connectivity index (χ0) is 19.6. The average Bonchev–Trinajstić information content (AvgIpc) is 3.23. The maximum atomic E-state index is 13.6. The van der Waals surface area contributed by atoms with Crippen LogP contribution < -0.4 is 4.90 Å². The molecule has 0 unspecified atom stereocenters. The smallest absolute Gasteiger partial charge is 0.228 e. The Morgan fingerprint density at radius 1 is 1.07 bits per heavy atom. The minimum atomic E-state index is 0.0146. The number of piperidine rings is 2. The SMILES string of the molecule is O=C([C@H]1CCCN(c2cnccn2)C1)N1CCCC[C@H]1c1nc2ccccc2s1. The molecule has 0 saturated carbocycles. The second-order valence-electron chi connectivity index (χ2n) is 7.91. The van der Waals surface area contributed by atoms with Gasteiger partial charge in [0.2, 0.25) is 5.91 Å². The van der Waals surface area contributed by atoms with Crippen LogP contribution in [0, 0.1) is 5.92 Å². The molecule has 2 fully saturated rings. The third-order valence-electron chi connectivity index (χ3n) is 6.03. The zero-order valence-corrected chi connectivity index (χ0v) is 17.2. The first kappa shape index (κ1) is 18.5. The highest BCUT2D eigenvalue weighted by atomic mass is 32.1. The van der Waals surface area contributed by atoms with E-state index in [4.69, 9.17) is 4.98 Å². The van der Waals surface area contributed by atoms with Crippen molar-refractivity contribution in [3.63, 3.8) is 0 Å². The summed E-state index contributed by atoms with van der Waals surface area (Å²) in [5, 5.41) is 1.08. The summed E-state index contributed by atoms with van der Waals surface area (Å²) in [6.45, 7) is 2.49. The van der Waals surface area contributed by atoms with Crippen LogP contribution >= 0.6 is 11.3 Å². The minimum absolute atomic E-state index is 0.0146. The van der Waals surface area contributed by atoms with Gasteiger partial charge in [0, 0.05) is 32.0 Å². The van der Waals surface area contributed by atoms with Crippen molar-refractivity contribution in [3.05, 3.63) is 47.9 Å². The third kappa shape index (κ3) is 3.71. The van der Waals surface area contributed by atoms with Crippen molar-refractivity contribution < 1.29 is 4.79 Å². The number of carbonyl (C=O) groups is 1. The molecule has 0 aliphatic carbocycles. The van der Waals surface area contributed by atoms with Crippen molar-refractivity contribution in [2.24, 2.45) is 5.92 Å². The number of benzene rings is 1. The summed E-state index contributed by atoms with van der Waals surface area (Å²) >= 11 is 1.74. The van der Waals surface area contributed by atoms with E-state index in [0.29, 0.717) is 0 Å². The van der Waals surface area contributed by atoms with E-state index in [1.165, 1.54) is 4.70 Å². The Bertz CT molecular complexity index is 958. The van der Waals surface area contributed by atoms with Gasteiger partial charge in [-0.05, 0) is 44.2 Å². The summed E-state index contributed by atoms with van der Waals surface area (Å²) in [6.07, 6.45) is 10.4. The Morgan fingerprint density at radius 2 is 2.00 bits per heavy atom. The lowest BCUT2D eigenvalue weighted by atomic mass is 9.93. The molecule has 0 bridgehead atoms. The van der Waals surface area contributed by atoms with Gasteiger partial charge in [0.1, 0.15) is 10.8 Å². The topological polar surface area (TPSA) is 62.2 Å². The molecule has 2 atom stereocenters. The molecule has 0 radical (unpaired) electrons. The quantitative estimate of drug-likeness (QED) is 0.655. The number of fused-ring (bicyclic) bond motifs is 1. The third-order valence-corrected chi connectivity index (χ3v) is 7.16. The van der Waals surface area contributed by atoms with Crippen LogP contribution in [0.25, 0.3) is 10.2 Å². The van der Waals surface area contributed by atoms with Gasteiger partial charge < -0.3 is 9.80 Å². The van der Waals surface area contributed by atoms with Crippen molar-refractivity contribution in [1.29, 1.82) is 0 Å². The molecule has 3 aromatic rings. The molecule has 2 aromatic heterocycles. The summed E-state index contributed by atoms with van der Waals surface area (Å²) < 4.78 is 1.20. The van der Waals surface area contributed by atoms with Gasteiger partial charge in [0.25, 0.3) is 0 Å². The molecule has 0 spiro atoms. The van der Waals surface area contributed by atoms with E-state index >= 15 is 0 Å². The predicted molar refractivity (Wildman–Crippen MR) is 115 cm³/mol. The summed E-state index contributed by atoms with van der Waals surface area (Å²) in [7, 11) is 0. The lowest BCUT2D eigenvalue weighted by molar-refractivity contribution is -0.139. The van der Waals surface area contributed by atoms with Gasteiger partial charge in [-0.2, -0.15) is 0 Å². The van der Waals surface area contributed by atoms with Crippen LogP contribution in [0.15, 0.2) is 42.9 Å². The van der Waals surface area contributed by atoms with Crippen molar-refractivity contribution in [3.8, 4) is 0 Å². The van der Waals surface area contributed by atoms with Crippen LogP contribution in [-0.2, 0) is 4.79 Å². The molecule has 4 heterocycles. The van der Waals surface area contributed by atoms with Gasteiger partial charge in [-0.1, -0.05) is 12.1 Å². The Labute approximate surface area is 174 Å². The minimum Gasteiger partial charge on any atom is -0.355 e. The first-order chi connectivity index (χ1) is 14.3. The highest BCUT2D eigenvalue weighted by Crippen LogP contribution is 2.37. The molecular weight excluding hydrogens is 382 g/mol. The number of hydrogen-bond donors (Lipinski definition) is 0. The monoisotopic (exact) mass is 407 g/mol. The van der Waals surface area contributed by atoms with Crippen LogP contribution in [0.3, 0.4) is 0 Å². The van der Waals surface area contributed by atoms with Gasteiger partial charge in [-0.15, -0.1) is 11.3 Å². The lowest BCUT2D eigenvalue weighted by Gasteiger charge is -2.40. The van der Waals surface area contributed by atoms with Crippen LogP contribution in [0.4, 0.5) is 5.82 Å². The van der Waals surface area contributed by atoms with Crippen molar-refractivity contribution in [2.45, 2.75) is 38.1 Å². The number of hydrogen-bond acceptors (Lipinski definition) is 6. The number of carbonyl (C=O) groups excluding carboxylic acids is 1. The molecular formula is C22H25N5OS. The fourth-order valence-electron chi connectivity index (χ4n) is 4.56. The van der Waals surface area contributed by atoms with Gasteiger partial charge in [-0.3, -0.25) is 9.78 Å². The van der Waals surface area contributed by atoms with E-state index in [-0.39, 0.29) is 17.9 Å². The number of amides is 1. The Kier molecular flexibility index (Phi) is 5.14. The number of rotatable bonds is 3. The van der Waals surface area contributed by atoms with Crippen LogP contribution in [0.5, 0.6) is 0 Å². The molecule has 5 rings (SSSR count). The fourth-order valence-corrected chi connectivity index (χ4v) is 5.68. The van der Waals surface area contributed by atoms with Crippen LogP contribution in [0.2, 0.25) is 0 Å². The molecule has 2 saturated heterocycles. The Hall–Kier alpha value is -2.54. The van der Waals surface area contributed by atoms with Gasteiger partial charge in [0.05, 0.1) is 28.4 Å². The standard InChI is InChI=1S/C22H25N5OS/c28-22(16-6-5-12-26(15-16)20-14-23-10-11-24-20)27-13-4-3-8-18(27)21-25-17-7-1-2-9-19(17)29-21/h1-2,7,9-11,14,16,18H,3-6,8,12-13,15H2/t16-,18-/m0/s1. The van der Waals surface area contributed by atoms with Crippen LogP contribution in [0.1, 0.15) is 43.2 Å². The molecule has 2 aliphatic heterocycles. The van der Waals surface area contributed by atoms with E-state index in [2.05, 4.69) is 38.0 Å².